The highest BCUT2D eigenvalue weighted by Gasteiger charge is 2.31. The minimum absolute atomic E-state index is 0.108. The van der Waals surface area contributed by atoms with Crippen molar-refractivity contribution in [2.75, 3.05) is 25.4 Å². The van der Waals surface area contributed by atoms with Crippen molar-refractivity contribution < 1.29 is 14.3 Å². The van der Waals surface area contributed by atoms with Gasteiger partial charge in [0, 0.05) is 53.9 Å². The second-order valence-electron chi connectivity index (χ2n) is 8.16. The number of carbonyl (C=O) groups excluding carboxylic acids is 2. The number of halogens is 2. The van der Waals surface area contributed by atoms with Crippen molar-refractivity contribution in [1.82, 2.24) is 14.8 Å². The smallest absolute Gasteiger partial charge is 0.255 e. The fourth-order valence-corrected chi connectivity index (χ4v) is 4.79. The first-order valence-corrected chi connectivity index (χ1v) is 11.6. The van der Waals surface area contributed by atoms with Crippen LogP contribution in [0.2, 0.25) is 10.0 Å². The maximum absolute atomic E-state index is 13.1. The molecular formula is C23H26Cl2N4O3. The average Bonchev–Trinajstić information content (AvgIpc) is 2.80. The lowest BCUT2D eigenvalue weighted by molar-refractivity contribution is -0.136. The van der Waals surface area contributed by atoms with Crippen LogP contribution in [0.25, 0.3) is 0 Å². The summed E-state index contributed by atoms with van der Waals surface area (Å²) < 4.78 is 5.80. The Balaban J connectivity index is 1.40. The van der Waals surface area contributed by atoms with Crippen molar-refractivity contribution in [2.24, 2.45) is 0 Å². The average molecular weight is 477 g/mol. The predicted octanol–water partition coefficient (Wildman–Crippen LogP) is 4.17. The molecule has 7 nitrogen and oxygen atoms in total. The van der Waals surface area contributed by atoms with Crippen molar-refractivity contribution in [3.63, 3.8) is 0 Å². The fourth-order valence-electron chi connectivity index (χ4n) is 4.28. The van der Waals surface area contributed by atoms with E-state index >= 15 is 0 Å². The van der Waals surface area contributed by atoms with Gasteiger partial charge in [0.1, 0.15) is 6.61 Å². The van der Waals surface area contributed by atoms with Gasteiger partial charge in [-0.15, -0.1) is 0 Å². The summed E-state index contributed by atoms with van der Waals surface area (Å²) in [5.74, 6) is 0.610. The van der Waals surface area contributed by atoms with Gasteiger partial charge in [-0.25, -0.2) is 4.98 Å². The topological polar surface area (TPSA) is 88.8 Å². The van der Waals surface area contributed by atoms with Crippen molar-refractivity contribution in [1.29, 1.82) is 0 Å². The Hall–Kier alpha value is -2.51. The summed E-state index contributed by atoms with van der Waals surface area (Å²) in [6.07, 6.45) is 5.71. The zero-order chi connectivity index (χ0) is 22.7. The monoisotopic (exact) mass is 476 g/mol. The number of hydrogen-bond donors (Lipinski definition) is 1. The largest absolute Gasteiger partial charge is 0.485 e. The van der Waals surface area contributed by atoms with Crippen LogP contribution in [-0.2, 0) is 11.4 Å². The summed E-state index contributed by atoms with van der Waals surface area (Å²) in [5, 5.41) is 0.984. The van der Waals surface area contributed by atoms with Crippen LogP contribution in [0.15, 0.2) is 30.5 Å². The molecule has 2 aromatic rings. The highest BCUT2D eigenvalue weighted by Crippen LogP contribution is 2.29. The summed E-state index contributed by atoms with van der Waals surface area (Å²) >= 11 is 12.4. The van der Waals surface area contributed by atoms with Crippen molar-refractivity contribution >= 4 is 40.8 Å². The molecule has 2 N–H and O–H groups in total. The highest BCUT2D eigenvalue weighted by molar-refractivity contribution is 6.35. The fraction of sp³-hybridized carbons (Fsp3) is 0.435. The number of carbonyl (C=O) groups is 2. The molecule has 0 unspecified atom stereocenters. The number of nitrogen functional groups attached to an aromatic ring is 1. The molecule has 9 heteroatoms. The molecule has 170 valence electrons. The van der Waals surface area contributed by atoms with Gasteiger partial charge in [-0.2, -0.15) is 0 Å². The van der Waals surface area contributed by atoms with Crippen LogP contribution in [0.4, 0.5) is 5.82 Å². The lowest BCUT2D eigenvalue weighted by Crippen LogP contribution is -2.50. The molecule has 1 aromatic heterocycles. The molecule has 2 aliphatic rings. The van der Waals surface area contributed by atoms with Gasteiger partial charge in [-0.1, -0.05) is 29.3 Å². The van der Waals surface area contributed by atoms with E-state index in [1.54, 1.807) is 29.2 Å². The number of hydrogen-bond acceptors (Lipinski definition) is 5. The number of nitrogens with two attached hydrogens (primary N) is 1. The molecule has 2 amide bonds. The summed E-state index contributed by atoms with van der Waals surface area (Å²) in [5.41, 5.74) is 7.01. The van der Waals surface area contributed by atoms with Crippen LogP contribution in [0.1, 0.15) is 48.0 Å². The van der Waals surface area contributed by atoms with E-state index < -0.39 is 0 Å². The summed E-state index contributed by atoms with van der Waals surface area (Å²) in [4.78, 5) is 33.2. The first-order valence-electron chi connectivity index (χ1n) is 10.8. The Labute approximate surface area is 197 Å². The second kappa shape index (κ2) is 9.96. The lowest BCUT2D eigenvalue weighted by Gasteiger charge is -2.40. The molecule has 2 aliphatic heterocycles. The normalized spacial score (nSPS) is 17.5. The third-order valence-electron chi connectivity index (χ3n) is 6.11. The summed E-state index contributed by atoms with van der Waals surface area (Å²) in [7, 11) is 0. The number of piperidine rings is 2. The van der Waals surface area contributed by atoms with Gasteiger partial charge in [-0.05, 0) is 43.9 Å². The molecular weight excluding hydrogens is 451 g/mol. The quantitative estimate of drug-likeness (QED) is 0.699. The van der Waals surface area contributed by atoms with E-state index in [2.05, 4.69) is 4.98 Å². The van der Waals surface area contributed by atoms with Crippen LogP contribution in [-0.4, -0.2) is 52.3 Å². The minimum atomic E-state index is -0.124. The molecule has 2 saturated heterocycles. The SMILES string of the molecule is Nc1ncc(C(=O)N2CCC(N3CCCCC3=O)CC2)cc1OCc1c(Cl)cccc1Cl. The van der Waals surface area contributed by atoms with Crippen LogP contribution in [0.5, 0.6) is 5.75 Å². The van der Waals surface area contributed by atoms with E-state index in [4.69, 9.17) is 33.7 Å². The molecule has 0 bridgehead atoms. The van der Waals surface area contributed by atoms with Gasteiger partial charge in [0.25, 0.3) is 5.91 Å². The van der Waals surface area contributed by atoms with Gasteiger partial charge in [0.05, 0.1) is 5.56 Å². The van der Waals surface area contributed by atoms with Crippen LogP contribution >= 0.6 is 23.2 Å². The van der Waals surface area contributed by atoms with Gasteiger partial charge in [-0.3, -0.25) is 9.59 Å². The summed E-state index contributed by atoms with van der Waals surface area (Å²) in [6.45, 7) is 2.14. The Kier molecular flexibility index (Phi) is 7.06. The molecule has 0 saturated carbocycles. The standard InChI is InChI=1S/C23H26Cl2N4O3/c24-18-4-3-5-19(25)17(18)14-32-20-12-15(13-27-22(20)26)23(31)28-10-7-16(8-11-28)29-9-2-1-6-21(29)30/h3-5,12-13,16H,1-2,6-11,14H2,(H2,26,27). The van der Waals surface area contributed by atoms with Gasteiger partial charge in [0.2, 0.25) is 5.91 Å². The maximum Gasteiger partial charge on any atom is 0.255 e. The van der Waals surface area contributed by atoms with E-state index in [-0.39, 0.29) is 30.3 Å². The third-order valence-corrected chi connectivity index (χ3v) is 6.82. The number of likely N-dealkylation sites (tertiary alicyclic amines) is 2. The predicted molar refractivity (Wildman–Crippen MR) is 124 cm³/mol. The zero-order valence-corrected chi connectivity index (χ0v) is 19.2. The molecule has 2 fully saturated rings. The number of rotatable bonds is 5. The minimum Gasteiger partial charge on any atom is -0.485 e. The maximum atomic E-state index is 13.1. The first kappa shape index (κ1) is 22.7. The zero-order valence-electron chi connectivity index (χ0n) is 17.7. The number of aromatic nitrogens is 1. The molecule has 0 radical (unpaired) electrons. The molecule has 0 spiro atoms. The van der Waals surface area contributed by atoms with Crippen LogP contribution in [0, 0.1) is 0 Å². The van der Waals surface area contributed by atoms with Crippen molar-refractivity contribution in [3.8, 4) is 5.75 Å². The lowest BCUT2D eigenvalue weighted by atomic mass is 9.99. The second-order valence-corrected chi connectivity index (χ2v) is 8.98. The summed E-state index contributed by atoms with van der Waals surface area (Å²) in [6, 6.07) is 7.04. The molecule has 3 heterocycles. The number of pyridine rings is 1. The Bertz CT molecular complexity index is 988. The van der Waals surface area contributed by atoms with E-state index in [0.29, 0.717) is 46.4 Å². The van der Waals surface area contributed by atoms with E-state index in [1.807, 2.05) is 4.90 Å². The first-order chi connectivity index (χ1) is 15.4. The van der Waals surface area contributed by atoms with E-state index in [9.17, 15) is 9.59 Å². The molecule has 4 rings (SSSR count). The Morgan fingerprint density at radius 1 is 1.16 bits per heavy atom. The highest BCUT2D eigenvalue weighted by atomic mass is 35.5. The third kappa shape index (κ3) is 4.94. The number of anilines is 1. The van der Waals surface area contributed by atoms with Crippen LogP contribution < -0.4 is 10.5 Å². The number of ether oxygens (including phenoxy) is 1. The van der Waals surface area contributed by atoms with E-state index in [0.717, 1.165) is 32.2 Å². The Morgan fingerprint density at radius 2 is 1.88 bits per heavy atom. The number of amides is 2. The molecule has 1 aromatic carbocycles. The van der Waals surface area contributed by atoms with Gasteiger partial charge in [0.15, 0.2) is 11.6 Å². The Morgan fingerprint density at radius 3 is 2.56 bits per heavy atom. The number of nitrogens with zero attached hydrogens (tertiary/aromatic N) is 3. The van der Waals surface area contributed by atoms with E-state index in [1.165, 1.54) is 6.20 Å². The molecule has 0 aliphatic carbocycles. The molecule has 32 heavy (non-hydrogen) atoms. The van der Waals surface area contributed by atoms with Crippen LogP contribution in [0.3, 0.4) is 0 Å². The van der Waals surface area contributed by atoms with Gasteiger partial charge >= 0.3 is 0 Å². The molecule has 0 atom stereocenters. The van der Waals surface area contributed by atoms with Gasteiger partial charge < -0.3 is 20.3 Å². The number of benzene rings is 1. The van der Waals surface area contributed by atoms with Crippen molar-refractivity contribution in [3.05, 3.63) is 51.6 Å². The van der Waals surface area contributed by atoms with Crippen molar-refractivity contribution in [2.45, 2.75) is 44.8 Å².